The Morgan fingerprint density at radius 3 is 2.12 bits per heavy atom. The molecule has 0 amide bonds. The first-order chi connectivity index (χ1) is 8.09. The van der Waals surface area contributed by atoms with Crippen molar-refractivity contribution in [2.24, 2.45) is 5.92 Å². The Hall–Kier alpha value is -1.02. The molecule has 0 bridgehead atoms. The lowest BCUT2D eigenvalue weighted by atomic mass is 9.91. The van der Waals surface area contributed by atoms with Gasteiger partial charge in [-0.25, -0.2) is 0 Å². The fourth-order valence-electron chi connectivity index (χ4n) is 2.48. The summed E-state index contributed by atoms with van der Waals surface area (Å²) in [6, 6.07) is 8.40. The van der Waals surface area contributed by atoms with E-state index in [-0.39, 0.29) is 0 Å². The monoisotopic (exact) mass is 233 g/mol. The summed E-state index contributed by atoms with van der Waals surface area (Å²) in [6.07, 6.45) is 2.32. The number of benzene rings is 1. The van der Waals surface area contributed by atoms with Crippen LogP contribution in [-0.4, -0.2) is 18.2 Å². The Morgan fingerprint density at radius 2 is 1.71 bits per heavy atom. The molecule has 1 N–H and O–H groups in total. The van der Waals surface area contributed by atoms with Crippen molar-refractivity contribution in [1.29, 1.82) is 0 Å². The van der Waals surface area contributed by atoms with Crippen molar-refractivity contribution < 1.29 is 5.11 Å². The molecule has 94 valence electrons. The third-order valence-corrected chi connectivity index (χ3v) is 3.95. The number of rotatable bonds is 5. The lowest BCUT2D eigenvalue weighted by molar-refractivity contribution is 0.0331. The van der Waals surface area contributed by atoms with Crippen LogP contribution in [0.5, 0.6) is 0 Å². The second kappa shape index (κ2) is 4.69. The summed E-state index contributed by atoms with van der Waals surface area (Å²) in [5.74, 6) is 0.460. The van der Waals surface area contributed by atoms with Gasteiger partial charge in [0.1, 0.15) is 0 Å². The van der Waals surface area contributed by atoms with Crippen molar-refractivity contribution >= 4 is 5.69 Å². The maximum Gasteiger partial charge on any atom is 0.0896 e. The van der Waals surface area contributed by atoms with E-state index in [1.54, 1.807) is 0 Å². The molecule has 17 heavy (non-hydrogen) atoms. The molecule has 1 saturated carbocycles. The van der Waals surface area contributed by atoms with Gasteiger partial charge >= 0.3 is 0 Å². The first-order valence-corrected chi connectivity index (χ1v) is 6.67. The van der Waals surface area contributed by atoms with Crippen LogP contribution in [0.25, 0.3) is 0 Å². The van der Waals surface area contributed by atoms with Crippen LogP contribution >= 0.6 is 0 Å². The minimum atomic E-state index is -0.637. The first kappa shape index (κ1) is 12.4. The largest absolute Gasteiger partial charge is 0.385 e. The van der Waals surface area contributed by atoms with Gasteiger partial charge in [-0.05, 0) is 57.2 Å². The molecule has 1 aromatic rings. The van der Waals surface area contributed by atoms with Gasteiger partial charge in [0.2, 0.25) is 0 Å². The van der Waals surface area contributed by atoms with Crippen molar-refractivity contribution in [3.8, 4) is 0 Å². The van der Waals surface area contributed by atoms with Crippen LogP contribution in [0.3, 0.4) is 0 Å². The standard InChI is InChI=1S/C15H23NO/c1-4-16(5-2)14-10-8-13(9-11-14)15(3,17)12-6-7-12/h8-12,17H,4-7H2,1-3H3. The number of aliphatic hydroxyl groups is 1. The Kier molecular flexibility index (Phi) is 3.43. The van der Waals surface area contributed by atoms with E-state index in [9.17, 15) is 5.11 Å². The average molecular weight is 233 g/mol. The van der Waals surface area contributed by atoms with Gasteiger partial charge in [-0.3, -0.25) is 0 Å². The van der Waals surface area contributed by atoms with Crippen LogP contribution in [0.4, 0.5) is 5.69 Å². The van der Waals surface area contributed by atoms with E-state index < -0.39 is 5.60 Å². The lowest BCUT2D eigenvalue weighted by Gasteiger charge is -2.26. The summed E-state index contributed by atoms with van der Waals surface area (Å²) in [5.41, 5.74) is 1.66. The van der Waals surface area contributed by atoms with Crippen LogP contribution in [-0.2, 0) is 5.60 Å². The smallest absolute Gasteiger partial charge is 0.0896 e. The van der Waals surface area contributed by atoms with Gasteiger partial charge in [0.15, 0.2) is 0 Å². The van der Waals surface area contributed by atoms with Gasteiger partial charge in [0, 0.05) is 18.8 Å². The summed E-state index contributed by atoms with van der Waals surface area (Å²) in [5, 5.41) is 10.5. The molecule has 0 saturated heterocycles. The van der Waals surface area contributed by atoms with Crippen molar-refractivity contribution in [3.63, 3.8) is 0 Å². The molecule has 2 heteroatoms. The van der Waals surface area contributed by atoms with Gasteiger partial charge in [-0.15, -0.1) is 0 Å². The molecule has 1 fully saturated rings. The molecule has 0 spiro atoms. The van der Waals surface area contributed by atoms with E-state index in [0.29, 0.717) is 5.92 Å². The minimum absolute atomic E-state index is 0.460. The van der Waals surface area contributed by atoms with Crippen LogP contribution in [0.2, 0.25) is 0 Å². The number of hydrogen-bond donors (Lipinski definition) is 1. The highest BCUT2D eigenvalue weighted by Gasteiger charge is 2.41. The predicted octanol–water partition coefficient (Wildman–Crippen LogP) is 3.15. The van der Waals surface area contributed by atoms with Crippen LogP contribution in [0.15, 0.2) is 24.3 Å². The number of nitrogens with zero attached hydrogens (tertiary/aromatic N) is 1. The molecular formula is C15H23NO. The Morgan fingerprint density at radius 1 is 1.18 bits per heavy atom. The van der Waals surface area contributed by atoms with Gasteiger partial charge in [0.05, 0.1) is 5.60 Å². The van der Waals surface area contributed by atoms with Gasteiger partial charge in [-0.1, -0.05) is 12.1 Å². The highest BCUT2D eigenvalue weighted by molar-refractivity contribution is 5.48. The van der Waals surface area contributed by atoms with Crippen LogP contribution < -0.4 is 4.90 Å². The van der Waals surface area contributed by atoms with E-state index in [4.69, 9.17) is 0 Å². The first-order valence-electron chi connectivity index (χ1n) is 6.67. The molecule has 0 aliphatic heterocycles. The minimum Gasteiger partial charge on any atom is -0.385 e. The normalized spacial score (nSPS) is 18.8. The summed E-state index contributed by atoms with van der Waals surface area (Å²) in [7, 11) is 0. The third kappa shape index (κ3) is 2.47. The van der Waals surface area contributed by atoms with Gasteiger partial charge in [-0.2, -0.15) is 0 Å². The zero-order chi connectivity index (χ0) is 12.5. The quantitative estimate of drug-likeness (QED) is 0.844. The Labute approximate surface area is 104 Å². The maximum atomic E-state index is 10.5. The Bertz CT molecular complexity index is 361. The van der Waals surface area contributed by atoms with E-state index in [0.717, 1.165) is 31.5 Å². The molecule has 0 heterocycles. The molecule has 1 atom stereocenters. The Balaban J connectivity index is 2.17. The second-order valence-corrected chi connectivity index (χ2v) is 5.14. The molecule has 1 aromatic carbocycles. The lowest BCUT2D eigenvalue weighted by Crippen LogP contribution is -2.25. The van der Waals surface area contributed by atoms with Crippen molar-refractivity contribution in [1.82, 2.24) is 0 Å². The average Bonchev–Trinajstić information content (AvgIpc) is 3.15. The van der Waals surface area contributed by atoms with Crippen molar-refractivity contribution in [3.05, 3.63) is 29.8 Å². The summed E-state index contributed by atoms with van der Waals surface area (Å²) in [6.45, 7) is 8.32. The zero-order valence-electron chi connectivity index (χ0n) is 11.1. The molecular weight excluding hydrogens is 210 g/mol. The summed E-state index contributed by atoms with van der Waals surface area (Å²) in [4.78, 5) is 2.32. The SMILES string of the molecule is CCN(CC)c1ccc(C(C)(O)C2CC2)cc1. The van der Waals surface area contributed by atoms with Gasteiger partial charge in [0.25, 0.3) is 0 Å². The fourth-order valence-corrected chi connectivity index (χ4v) is 2.48. The predicted molar refractivity (Wildman–Crippen MR) is 72.3 cm³/mol. The molecule has 1 aliphatic carbocycles. The van der Waals surface area contributed by atoms with E-state index in [1.807, 2.05) is 6.92 Å². The summed E-state index contributed by atoms with van der Waals surface area (Å²) >= 11 is 0. The molecule has 0 radical (unpaired) electrons. The van der Waals surface area contributed by atoms with Crippen molar-refractivity contribution in [2.45, 2.75) is 39.2 Å². The second-order valence-electron chi connectivity index (χ2n) is 5.14. The van der Waals surface area contributed by atoms with E-state index in [1.165, 1.54) is 5.69 Å². The van der Waals surface area contributed by atoms with Crippen LogP contribution in [0, 0.1) is 5.92 Å². The molecule has 1 aliphatic rings. The highest BCUT2D eigenvalue weighted by Crippen LogP contribution is 2.45. The number of hydrogen-bond acceptors (Lipinski definition) is 2. The third-order valence-electron chi connectivity index (χ3n) is 3.95. The van der Waals surface area contributed by atoms with E-state index in [2.05, 4.69) is 43.0 Å². The maximum absolute atomic E-state index is 10.5. The van der Waals surface area contributed by atoms with E-state index >= 15 is 0 Å². The summed E-state index contributed by atoms with van der Waals surface area (Å²) < 4.78 is 0. The molecule has 2 rings (SSSR count). The molecule has 1 unspecified atom stereocenters. The number of anilines is 1. The topological polar surface area (TPSA) is 23.5 Å². The molecule has 0 aromatic heterocycles. The van der Waals surface area contributed by atoms with Crippen molar-refractivity contribution in [2.75, 3.05) is 18.0 Å². The highest BCUT2D eigenvalue weighted by atomic mass is 16.3. The van der Waals surface area contributed by atoms with Gasteiger partial charge < -0.3 is 10.0 Å². The fraction of sp³-hybridized carbons (Fsp3) is 0.600. The molecule has 2 nitrogen and oxygen atoms in total. The zero-order valence-corrected chi connectivity index (χ0v) is 11.1. The van der Waals surface area contributed by atoms with Crippen LogP contribution in [0.1, 0.15) is 39.2 Å².